The molecule has 0 spiro atoms. The van der Waals surface area contributed by atoms with Crippen molar-refractivity contribution in [3.05, 3.63) is 78.9 Å². The lowest BCUT2D eigenvalue weighted by Gasteiger charge is -2.22. The third-order valence-electron chi connectivity index (χ3n) is 4.03. The van der Waals surface area contributed by atoms with Crippen molar-refractivity contribution in [1.82, 2.24) is 0 Å². The topological polar surface area (TPSA) is 66.8 Å². The first-order chi connectivity index (χ1) is 12.5. The number of carbonyl (C=O) groups is 2. The first-order valence-corrected chi connectivity index (χ1v) is 7.92. The van der Waals surface area contributed by atoms with Gasteiger partial charge in [0.15, 0.2) is 0 Å². The van der Waals surface area contributed by atoms with Gasteiger partial charge in [-0.15, -0.1) is 0 Å². The van der Waals surface area contributed by atoms with Gasteiger partial charge in [-0.1, -0.05) is 36.9 Å². The van der Waals surface area contributed by atoms with Crippen molar-refractivity contribution in [2.75, 3.05) is 12.0 Å². The second-order valence-corrected chi connectivity index (χ2v) is 5.60. The van der Waals surface area contributed by atoms with E-state index in [0.717, 1.165) is 10.8 Å². The van der Waals surface area contributed by atoms with E-state index in [2.05, 4.69) is 11.3 Å². The van der Waals surface area contributed by atoms with E-state index in [-0.39, 0.29) is 17.2 Å². The molecule has 3 aromatic rings. The molecule has 3 rings (SSSR count). The van der Waals surface area contributed by atoms with Crippen molar-refractivity contribution in [2.45, 2.75) is 0 Å². The highest BCUT2D eigenvalue weighted by atomic mass is 16.5. The second kappa shape index (κ2) is 7.11. The van der Waals surface area contributed by atoms with Gasteiger partial charge in [0.05, 0.1) is 12.8 Å². The molecule has 1 amide bonds. The molecule has 130 valence electrons. The van der Waals surface area contributed by atoms with E-state index in [4.69, 9.17) is 0 Å². The number of esters is 1. The summed E-state index contributed by atoms with van der Waals surface area (Å²) in [6.45, 7) is 3.55. The Kier molecular flexibility index (Phi) is 4.71. The fourth-order valence-electron chi connectivity index (χ4n) is 2.75. The van der Waals surface area contributed by atoms with Gasteiger partial charge in [-0.05, 0) is 41.1 Å². The SMILES string of the molecule is C=CC(=O)N(c1ccc(C(=O)OC)c(O)c1)c1ccc2ccccc2c1. The predicted molar refractivity (Wildman–Crippen MR) is 101 cm³/mol. The quantitative estimate of drug-likeness (QED) is 0.568. The number of ether oxygens (including phenoxy) is 1. The Labute approximate surface area is 150 Å². The van der Waals surface area contributed by atoms with Crippen LogP contribution in [-0.4, -0.2) is 24.1 Å². The van der Waals surface area contributed by atoms with Crippen LogP contribution in [0.25, 0.3) is 10.8 Å². The van der Waals surface area contributed by atoms with E-state index in [1.54, 1.807) is 6.07 Å². The van der Waals surface area contributed by atoms with E-state index in [1.807, 2.05) is 42.5 Å². The Bertz CT molecular complexity index is 1010. The molecular formula is C21H17NO4. The highest BCUT2D eigenvalue weighted by Crippen LogP contribution is 2.32. The average Bonchev–Trinajstić information content (AvgIpc) is 2.67. The number of anilines is 2. The third-order valence-corrected chi connectivity index (χ3v) is 4.03. The minimum Gasteiger partial charge on any atom is -0.507 e. The highest BCUT2D eigenvalue weighted by molar-refractivity contribution is 6.08. The summed E-state index contributed by atoms with van der Waals surface area (Å²) >= 11 is 0. The molecule has 0 aliphatic heterocycles. The van der Waals surface area contributed by atoms with Crippen LogP contribution < -0.4 is 4.90 Å². The van der Waals surface area contributed by atoms with Crippen LogP contribution in [0, 0.1) is 0 Å². The van der Waals surface area contributed by atoms with Crippen molar-refractivity contribution in [2.24, 2.45) is 0 Å². The number of hydrogen-bond acceptors (Lipinski definition) is 4. The number of methoxy groups -OCH3 is 1. The molecule has 1 N–H and O–H groups in total. The molecule has 5 nitrogen and oxygen atoms in total. The van der Waals surface area contributed by atoms with Crippen LogP contribution in [0.4, 0.5) is 11.4 Å². The van der Waals surface area contributed by atoms with Crippen molar-refractivity contribution in [3.8, 4) is 5.75 Å². The summed E-state index contributed by atoms with van der Waals surface area (Å²) in [5, 5.41) is 12.2. The minimum atomic E-state index is -0.652. The van der Waals surface area contributed by atoms with Crippen LogP contribution in [0.3, 0.4) is 0 Å². The fourth-order valence-corrected chi connectivity index (χ4v) is 2.75. The molecule has 0 radical (unpaired) electrons. The maximum atomic E-state index is 12.5. The van der Waals surface area contributed by atoms with E-state index in [0.29, 0.717) is 11.4 Å². The number of phenolic OH excluding ortho intramolecular Hbond substituents is 1. The summed E-state index contributed by atoms with van der Waals surface area (Å²) in [7, 11) is 1.23. The zero-order valence-corrected chi connectivity index (χ0v) is 14.2. The Morgan fingerprint density at radius 1 is 1.00 bits per heavy atom. The Balaban J connectivity index is 2.11. The number of hydrogen-bond donors (Lipinski definition) is 1. The number of rotatable bonds is 4. The summed E-state index contributed by atoms with van der Waals surface area (Å²) in [4.78, 5) is 25.5. The molecule has 5 heteroatoms. The normalized spacial score (nSPS) is 10.3. The van der Waals surface area contributed by atoms with E-state index < -0.39 is 5.97 Å². The van der Waals surface area contributed by atoms with Gasteiger partial charge in [0, 0.05) is 11.8 Å². The lowest BCUT2D eigenvalue weighted by Crippen LogP contribution is -2.23. The zero-order chi connectivity index (χ0) is 18.7. The number of carbonyl (C=O) groups excluding carboxylic acids is 2. The Hall–Kier alpha value is -3.60. The standard InChI is InChI=1S/C21H17NO4/c1-3-20(24)22(16-9-8-14-6-4-5-7-15(14)12-16)17-10-11-18(19(23)13-17)21(25)26-2/h3-13,23H,1H2,2H3. The summed E-state index contributed by atoms with van der Waals surface area (Å²) < 4.78 is 4.62. The van der Waals surface area contributed by atoms with Gasteiger partial charge < -0.3 is 9.84 Å². The smallest absolute Gasteiger partial charge is 0.341 e. The molecule has 0 unspecified atom stereocenters. The number of nitrogens with zero attached hydrogens (tertiary/aromatic N) is 1. The number of fused-ring (bicyclic) bond motifs is 1. The van der Waals surface area contributed by atoms with Gasteiger partial charge in [-0.3, -0.25) is 9.69 Å². The lowest BCUT2D eigenvalue weighted by atomic mass is 10.1. The molecule has 0 heterocycles. The van der Waals surface area contributed by atoms with Gasteiger partial charge in [-0.25, -0.2) is 4.79 Å². The molecule has 26 heavy (non-hydrogen) atoms. The number of amides is 1. The summed E-state index contributed by atoms with van der Waals surface area (Å²) in [6.07, 6.45) is 1.19. The van der Waals surface area contributed by atoms with Crippen LogP contribution in [-0.2, 0) is 9.53 Å². The number of aromatic hydroxyl groups is 1. The van der Waals surface area contributed by atoms with Crippen LogP contribution >= 0.6 is 0 Å². The summed E-state index contributed by atoms with van der Waals surface area (Å²) in [6, 6.07) is 17.7. The first-order valence-electron chi connectivity index (χ1n) is 7.92. The molecule has 0 bridgehead atoms. The Morgan fingerprint density at radius 3 is 2.31 bits per heavy atom. The highest BCUT2D eigenvalue weighted by Gasteiger charge is 2.19. The zero-order valence-electron chi connectivity index (χ0n) is 14.2. The molecule has 0 aliphatic carbocycles. The van der Waals surface area contributed by atoms with Crippen molar-refractivity contribution >= 4 is 34.0 Å². The predicted octanol–water partition coefficient (Wildman–Crippen LogP) is 4.18. The molecule has 3 aromatic carbocycles. The molecule has 0 aromatic heterocycles. The van der Waals surface area contributed by atoms with E-state index in [1.165, 1.54) is 30.2 Å². The molecule has 0 fully saturated rings. The Morgan fingerprint density at radius 2 is 1.65 bits per heavy atom. The lowest BCUT2D eigenvalue weighted by molar-refractivity contribution is -0.113. The average molecular weight is 347 g/mol. The van der Waals surface area contributed by atoms with Gasteiger partial charge in [0.1, 0.15) is 11.3 Å². The minimum absolute atomic E-state index is 0.0285. The molecule has 0 saturated carbocycles. The first kappa shape index (κ1) is 17.2. The van der Waals surface area contributed by atoms with Crippen LogP contribution in [0.1, 0.15) is 10.4 Å². The van der Waals surface area contributed by atoms with Crippen LogP contribution in [0.15, 0.2) is 73.3 Å². The molecule has 0 aliphatic rings. The number of benzene rings is 3. The van der Waals surface area contributed by atoms with E-state index >= 15 is 0 Å². The monoisotopic (exact) mass is 347 g/mol. The maximum Gasteiger partial charge on any atom is 0.341 e. The fraction of sp³-hybridized carbons (Fsp3) is 0.0476. The third kappa shape index (κ3) is 3.15. The second-order valence-electron chi connectivity index (χ2n) is 5.60. The van der Waals surface area contributed by atoms with Crippen LogP contribution in [0.5, 0.6) is 5.75 Å². The van der Waals surface area contributed by atoms with E-state index in [9.17, 15) is 14.7 Å². The maximum absolute atomic E-state index is 12.5. The van der Waals surface area contributed by atoms with Gasteiger partial charge in [0.25, 0.3) is 5.91 Å². The molecule has 0 saturated heterocycles. The van der Waals surface area contributed by atoms with Crippen molar-refractivity contribution < 1.29 is 19.4 Å². The largest absolute Gasteiger partial charge is 0.507 e. The molecular weight excluding hydrogens is 330 g/mol. The van der Waals surface area contributed by atoms with Crippen molar-refractivity contribution in [3.63, 3.8) is 0 Å². The van der Waals surface area contributed by atoms with Gasteiger partial charge in [-0.2, -0.15) is 0 Å². The van der Waals surface area contributed by atoms with Crippen molar-refractivity contribution in [1.29, 1.82) is 0 Å². The van der Waals surface area contributed by atoms with Crippen LogP contribution in [0.2, 0.25) is 0 Å². The summed E-state index contributed by atoms with van der Waals surface area (Å²) in [5.41, 5.74) is 1.06. The molecule has 0 atom stereocenters. The van der Waals surface area contributed by atoms with Gasteiger partial charge in [0.2, 0.25) is 0 Å². The van der Waals surface area contributed by atoms with Gasteiger partial charge >= 0.3 is 5.97 Å². The number of phenols is 1. The summed E-state index contributed by atoms with van der Waals surface area (Å²) in [5.74, 6) is -1.27.